The molecule has 1 aliphatic rings. The molecule has 6 nitrogen and oxygen atoms in total. The molecule has 2 aromatic rings. The highest BCUT2D eigenvalue weighted by Gasteiger charge is 2.31. The second-order valence-corrected chi connectivity index (χ2v) is 8.34. The van der Waals surface area contributed by atoms with E-state index in [2.05, 4.69) is 5.32 Å². The highest BCUT2D eigenvalue weighted by Crippen LogP contribution is 2.19. The van der Waals surface area contributed by atoms with Gasteiger partial charge in [0.05, 0.1) is 16.6 Å². The number of benzene rings is 2. The largest absolute Gasteiger partial charge is 0.322 e. The van der Waals surface area contributed by atoms with Gasteiger partial charge in [0, 0.05) is 26.2 Å². The Hall–Kier alpha value is -2.29. The molecule has 1 fully saturated rings. The molecule has 3 rings (SSSR count). The minimum atomic E-state index is -3.53. The van der Waals surface area contributed by atoms with Crippen molar-refractivity contribution in [2.45, 2.75) is 17.9 Å². The van der Waals surface area contributed by atoms with E-state index in [1.54, 1.807) is 49.4 Å². The molecule has 0 saturated carbocycles. The SMILES string of the molecule is CC(C(=O)Nc1ccccc1F)N1CCN(S(=O)(=O)c2ccccc2)CC1. The Labute approximate surface area is 158 Å². The summed E-state index contributed by atoms with van der Waals surface area (Å²) in [5, 5.41) is 2.59. The van der Waals surface area contributed by atoms with Crippen LogP contribution in [0.3, 0.4) is 0 Å². The smallest absolute Gasteiger partial charge is 0.243 e. The maximum absolute atomic E-state index is 13.7. The number of hydrogen-bond donors (Lipinski definition) is 1. The van der Waals surface area contributed by atoms with Crippen molar-refractivity contribution >= 4 is 21.6 Å². The number of piperazine rings is 1. The Kier molecular flexibility index (Phi) is 5.88. The maximum Gasteiger partial charge on any atom is 0.243 e. The molecule has 27 heavy (non-hydrogen) atoms. The summed E-state index contributed by atoms with van der Waals surface area (Å²) in [6.45, 7) is 3.19. The molecule has 8 heteroatoms. The van der Waals surface area contributed by atoms with E-state index in [1.807, 2.05) is 4.90 Å². The number of hydrogen-bond acceptors (Lipinski definition) is 4. The average molecular weight is 391 g/mol. The Morgan fingerprint density at radius 1 is 1.00 bits per heavy atom. The lowest BCUT2D eigenvalue weighted by molar-refractivity contribution is -0.121. The topological polar surface area (TPSA) is 69.7 Å². The summed E-state index contributed by atoms with van der Waals surface area (Å²) in [4.78, 5) is 14.6. The van der Waals surface area contributed by atoms with Gasteiger partial charge in [0.2, 0.25) is 15.9 Å². The summed E-state index contributed by atoms with van der Waals surface area (Å²) in [7, 11) is -3.53. The molecule has 2 aromatic carbocycles. The van der Waals surface area contributed by atoms with Crippen LogP contribution in [0, 0.1) is 5.82 Å². The minimum absolute atomic E-state index is 0.139. The molecule has 1 N–H and O–H groups in total. The van der Waals surface area contributed by atoms with E-state index in [9.17, 15) is 17.6 Å². The lowest BCUT2D eigenvalue weighted by atomic mass is 10.2. The fraction of sp³-hybridized carbons (Fsp3) is 0.316. The molecular weight excluding hydrogens is 369 g/mol. The van der Waals surface area contributed by atoms with Crippen molar-refractivity contribution in [2.75, 3.05) is 31.5 Å². The van der Waals surface area contributed by atoms with Gasteiger partial charge >= 0.3 is 0 Å². The monoisotopic (exact) mass is 391 g/mol. The van der Waals surface area contributed by atoms with Gasteiger partial charge in [0.25, 0.3) is 0 Å². The Balaban J connectivity index is 1.60. The van der Waals surface area contributed by atoms with Gasteiger partial charge in [-0.1, -0.05) is 30.3 Å². The van der Waals surface area contributed by atoms with Crippen molar-refractivity contribution in [3.05, 3.63) is 60.4 Å². The van der Waals surface area contributed by atoms with Gasteiger partial charge in [-0.05, 0) is 31.2 Å². The van der Waals surface area contributed by atoms with Crippen LogP contribution in [-0.2, 0) is 14.8 Å². The third-order valence-corrected chi connectivity index (χ3v) is 6.63. The molecule has 1 unspecified atom stereocenters. The number of anilines is 1. The summed E-state index contributed by atoms with van der Waals surface area (Å²) in [5.41, 5.74) is 0.139. The van der Waals surface area contributed by atoms with Crippen molar-refractivity contribution in [3.8, 4) is 0 Å². The van der Waals surface area contributed by atoms with Crippen molar-refractivity contribution in [2.24, 2.45) is 0 Å². The zero-order valence-corrected chi connectivity index (χ0v) is 15.8. The average Bonchev–Trinajstić information content (AvgIpc) is 2.70. The quantitative estimate of drug-likeness (QED) is 0.848. The normalized spacial score (nSPS) is 17.4. The lowest BCUT2D eigenvalue weighted by Gasteiger charge is -2.36. The molecule has 1 atom stereocenters. The van der Waals surface area contributed by atoms with Crippen LogP contribution in [0.15, 0.2) is 59.5 Å². The fourth-order valence-electron chi connectivity index (χ4n) is 3.04. The van der Waals surface area contributed by atoms with Gasteiger partial charge < -0.3 is 5.32 Å². The van der Waals surface area contributed by atoms with E-state index in [-0.39, 0.29) is 16.5 Å². The van der Waals surface area contributed by atoms with E-state index in [0.29, 0.717) is 26.2 Å². The summed E-state index contributed by atoms with van der Waals surface area (Å²) >= 11 is 0. The molecule has 0 spiro atoms. The zero-order chi connectivity index (χ0) is 19.4. The molecular formula is C19H22FN3O3S. The Bertz CT molecular complexity index is 897. The van der Waals surface area contributed by atoms with Crippen LogP contribution in [0.25, 0.3) is 0 Å². The number of para-hydroxylation sites is 1. The highest BCUT2D eigenvalue weighted by molar-refractivity contribution is 7.89. The van der Waals surface area contributed by atoms with Gasteiger partial charge in [-0.2, -0.15) is 4.31 Å². The van der Waals surface area contributed by atoms with Gasteiger partial charge in [0.1, 0.15) is 5.82 Å². The van der Waals surface area contributed by atoms with Crippen LogP contribution in [0.2, 0.25) is 0 Å². The van der Waals surface area contributed by atoms with E-state index >= 15 is 0 Å². The van der Waals surface area contributed by atoms with Gasteiger partial charge in [-0.15, -0.1) is 0 Å². The molecule has 1 amide bonds. The highest BCUT2D eigenvalue weighted by atomic mass is 32.2. The molecule has 144 valence electrons. The standard InChI is InChI=1S/C19H22FN3O3S/c1-15(19(24)21-18-10-6-5-9-17(18)20)22-11-13-23(14-12-22)27(25,26)16-7-3-2-4-8-16/h2-10,15H,11-14H2,1H3,(H,21,24). The Morgan fingerprint density at radius 3 is 2.22 bits per heavy atom. The van der Waals surface area contributed by atoms with Gasteiger partial charge in [-0.25, -0.2) is 12.8 Å². The second kappa shape index (κ2) is 8.16. The van der Waals surface area contributed by atoms with Crippen LogP contribution >= 0.6 is 0 Å². The van der Waals surface area contributed by atoms with Crippen molar-refractivity contribution < 1.29 is 17.6 Å². The van der Waals surface area contributed by atoms with Gasteiger partial charge in [0.15, 0.2) is 0 Å². The predicted octanol–water partition coefficient (Wildman–Crippen LogP) is 2.16. The molecule has 0 aromatic heterocycles. The first-order valence-electron chi connectivity index (χ1n) is 8.74. The van der Waals surface area contributed by atoms with Crippen molar-refractivity contribution in [3.63, 3.8) is 0 Å². The lowest BCUT2D eigenvalue weighted by Crippen LogP contribution is -2.53. The second-order valence-electron chi connectivity index (χ2n) is 6.40. The number of carbonyl (C=O) groups is 1. The predicted molar refractivity (Wildman–Crippen MR) is 101 cm³/mol. The molecule has 1 aliphatic heterocycles. The number of nitrogens with one attached hydrogen (secondary N) is 1. The number of sulfonamides is 1. The van der Waals surface area contributed by atoms with Crippen LogP contribution in [-0.4, -0.2) is 55.8 Å². The van der Waals surface area contributed by atoms with E-state index in [1.165, 1.54) is 16.4 Å². The summed E-state index contributed by atoms with van der Waals surface area (Å²) < 4.78 is 40.5. The third kappa shape index (κ3) is 4.35. The molecule has 0 aliphatic carbocycles. The minimum Gasteiger partial charge on any atom is -0.322 e. The molecule has 1 heterocycles. The van der Waals surface area contributed by atoms with Crippen LogP contribution in [0.5, 0.6) is 0 Å². The first-order chi connectivity index (χ1) is 12.9. The van der Waals surface area contributed by atoms with Crippen molar-refractivity contribution in [1.29, 1.82) is 0 Å². The van der Waals surface area contributed by atoms with E-state index in [4.69, 9.17) is 0 Å². The van der Waals surface area contributed by atoms with E-state index in [0.717, 1.165) is 0 Å². The maximum atomic E-state index is 13.7. The van der Waals surface area contributed by atoms with Gasteiger partial charge in [-0.3, -0.25) is 9.69 Å². The molecule has 0 radical (unpaired) electrons. The van der Waals surface area contributed by atoms with E-state index < -0.39 is 21.9 Å². The van der Waals surface area contributed by atoms with Crippen LogP contribution in [0.1, 0.15) is 6.92 Å². The Morgan fingerprint density at radius 2 is 1.59 bits per heavy atom. The fourth-order valence-corrected chi connectivity index (χ4v) is 4.48. The number of carbonyl (C=O) groups excluding carboxylic acids is 1. The molecule has 1 saturated heterocycles. The third-order valence-electron chi connectivity index (χ3n) is 4.71. The number of halogens is 1. The van der Waals surface area contributed by atoms with Crippen molar-refractivity contribution in [1.82, 2.24) is 9.21 Å². The summed E-state index contributed by atoms with van der Waals surface area (Å²) in [6.07, 6.45) is 0. The number of nitrogens with zero attached hydrogens (tertiary/aromatic N) is 2. The number of amides is 1. The zero-order valence-electron chi connectivity index (χ0n) is 15.0. The first kappa shape index (κ1) is 19.5. The number of rotatable bonds is 5. The molecule has 0 bridgehead atoms. The summed E-state index contributed by atoms with van der Waals surface area (Å²) in [6, 6.07) is 13.8. The van der Waals surface area contributed by atoms with Crippen LogP contribution < -0.4 is 5.32 Å². The summed E-state index contributed by atoms with van der Waals surface area (Å²) in [5.74, 6) is -0.809. The first-order valence-corrected chi connectivity index (χ1v) is 10.2. The van der Waals surface area contributed by atoms with Crippen LogP contribution in [0.4, 0.5) is 10.1 Å².